The number of carbonyl (C=O) groups excluding carboxylic acids is 2. The number of fused-ring (bicyclic) bond motifs is 3. The minimum absolute atomic E-state index is 0.0699. The summed E-state index contributed by atoms with van der Waals surface area (Å²) < 4.78 is 24.7. The van der Waals surface area contributed by atoms with Gasteiger partial charge in [0.05, 0.1) is 5.57 Å². The third-order valence-corrected chi connectivity index (χ3v) is 5.51. The molecule has 148 valence electrons. The molecule has 5 heteroatoms. The first kappa shape index (κ1) is 17.6. The second kappa shape index (κ2) is 6.37. The Morgan fingerprint density at radius 2 is 1.32 bits per heavy atom. The predicted molar refractivity (Wildman–Crippen MR) is 114 cm³/mol. The van der Waals surface area contributed by atoms with E-state index < -0.39 is 0 Å². The molecule has 2 aromatic heterocycles. The molecule has 31 heavy (non-hydrogen) atoms. The van der Waals surface area contributed by atoms with Crippen molar-refractivity contribution in [3.63, 3.8) is 0 Å². The normalized spacial score (nSPS) is 13.4. The summed E-state index contributed by atoms with van der Waals surface area (Å²) >= 11 is 0. The Morgan fingerprint density at radius 1 is 0.710 bits per heavy atom. The van der Waals surface area contributed by atoms with E-state index in [1.165, 1.54) is 18.2 Å². The van der Waals surface area contributed by atoms with Crippen molar-refractivity contribution in [1.29, 1.82) is 0 Å². The van der Waals surface area contributed by atoms with Crippen LogP contribution in [0.25, 0.3) is 39.3 Å². The number of halogens is 1. The fourth-order valence-corrected chi connectivity index (χ4v) is 3.96. The zero-order valence-electron chi connectivity index (χ0n) is 16.0. The highest BCUT2D eigenvalue weighted by atomic mass is 19.1. The largest absolute Gasteiger partial charge is 0.453 e. The fourth-order valence-electron chi connectivity index (χ4n) is 3.96. The molecule has 2 heterocycles. The van der Waals surface area contributed by atoms with Gasteiger partial charge in [-0.15, -0.1) is 0 Å². The van der Waals surface area contributed by atoms with Crippen LogP contribution in [0.15, 0.2) is 87.2 Å². The molecule has 0 fully saturated rings. The lowest BCUT2D eigenvalue weighted by molar-refractivity contribution is 0.0990. The minimum Gasteiger partial charge on any atom is -0.453 e. The second-order valence-corrected chi connectivity index (χ2v) is 7.46. The maximum Gasteiger partial charge on any atom is 0.197 e. The summed E-state index contributed by atoms with van der Waals surface area (Å²) in [6.07, 6.45) is 1.46. The molecule has 0 N–H and O–H groups in total. The van der Waals surface area contributed by atoms with E-state index in [9.17, 15) is 14.0 Å². The first-order valence-electron chi connectivity index (χ1n) is 9.70. The van der Waals surface area contributed by atoms with Crippen LogP contribution < -0.4 is 0 Å². The smallest absolute Gasteiger partial charge is 0.197 e. The number of benzene rings is 3. The molecule has 0 aliphatic heterocycles. The van der Waals surface area contributed by atoms with Gasteiger partial charge in [-0.05, 0) is 53.2 Å². The molecule has 0 radical (unpaired) electrons. The molecule has 1 aliphatic rings. The average molecular weight is 408 g/mol. The Kier molecular flexibility index (Phi) is 3.62. The van der Waals surface area contributed by atoms with Crippen LogP contribution >= 0.6 is 0 Å². The molecule has 0 saturated heterocycles. The van der Waals surface area contributed by atoms with Gasteiger partial charge in [-0.25, -0.2) is 4.39 Å². The Balaban J connectivity index is 1.38. The Morgan fingerprint density at radius 3 is 1.94 bits per heavy atom. The van der Waals surface area contributed by atoms with E-state index >= 15 is 0 Å². The number of hydrogen-bond acceptors (Lipinski definition) is 4. The van der Waals surface area contributed by atoms with Crippen molar-refractivity contribution >= 4 is 39.6 Å². The third-order valence-electron chi connectivity index (χ3n) is 5.51. The lowest BCUT2D eigenvalue weighted by Crippen LogP contribution is -1.99. The van der Waals surface area contributed by atoms with Gasteiger partial charge in [0, 0.05) is 28.8 Å². The van der Waals surface area contributed by atoms with Crippen LogP contribution in [0.5, 0.6) is 0 Å². The van der Waals surface area contributed by atoms with Crippen molar-refractivity contribution in [2.75, 3.05) is 0 Å². The maximum atomic E-state index is 13.1. The third kappa shape index (κ3) is 2.74. The maximum absolute atomic E-state index is 13.1. The molecule has 0 saturated carbocycles. The minimum atomic E-state index is -0.326. The van der Waals surface area contributed by atoms with E-state index in [4.69, 9.17) is 8.83 Å². The highest BCUT2D eigenvalue weighted by Crippen LogP contribution is 2.34. The zero-order chi connectivity index (χ0) is 21.1. The van der Waals surface area contributed by atoms with Crippen molar-refractivity contribution in [2.24, 2.45) is 0 Å². The van der Waals surface area contributed by atoms with Gasteiger partial charge in [-0.3, -0.25) is 9.59 Å². The number of Topliss-reactive ketones (excluding diaryl/α,β-unsaturated/α-hetero) is 2. The van der Waals surface area contributed by atoms with E-state index in [1.54, 1.807) is 36.4 Å². The van der Waals surface area contributed by atoms with Crippen molar-refractivity contribution in [3.8, 4) is 11.3 Å². The molecule has 3 aromatic carbocycles. The highest BCUT2D eigenvalue weighted by Gasteiger charge is 2.33. The van der Waals surface area contributed by atoms with E-state index in [0.717, 1.165) is 16.3 Å². The molecule has 0 bridgehead atoms. The molecular weight excluding hydrogens is 395 g/mol. The summed E-state index contributed by atoms with van der Waals surface area (Å²) in [5.41, 5.74) is 2.56. The number of allylic oxidation sites excluding steroid dienone is 1. The molecule has 6 rings (SSSR count). The molecular formula is C26H13FO4. The Bertz CT molecular complexity index is 1480. The van der Waals surface area contributed by atoms with Crippen LogP contribution in [-0.4, -0.2) is 11.6 Å². The van der Waals surface area contributed by atoms with Gasteiger partial charge in [0.15, 0.2) is 22.7 Å². The lowest BCUT2D eigenvalue weighted by atomic mass is 10.0. The number of furan rings is 2. The van der Waals surface area contributed by atoms with Crippen LogP contribution in [0.4, 0.5) is 4.39 Å². The summed E-state index contributed by atoms with van der Waals surface area (Å²) in [6, 6.07) is 20.4. The van der Waals surface area contributed by atoms with Crippen LogP contribution in [0.3, 0.4) is 0 Å². The fraction of sp³-hybridized carbons (Fsp3) is 0. The van der Waals surface area contributed by atoms with Gasteiger partial charge in [0.25, 0.3) is 0 Å². The van der Waals surface area contributed by atoms with Crippen LogP contribution in [0.2, 0.25) is 0 Å². The van der Waals surface area contributed by atoms with E-state index in [0.29, 0.717) is 33.8 Å². The van der Waals surface area contributed by atoms with E-state index in [-0.39, 0.29) is 23.0 Å². The predicted octanol–water partition coefficient (Wildman–Crippen LogP) is 6.45. The first-order valence-corrected chi connectivity index (χ1v) is 9.70. The Labute approximate surface area is 175 Å². The van der Waals surface area contributed by atoms with Crippen LogP contribution in [-0.2, 0) is 0 Å². The summed E-state index contributed by atoms with van der Waals surface area (Å²) in [5.74, 6) is -0.0576. The summed E-state index contributed by atoms with van der Waals surface area (Å²) in [6.45, 7) is 0. The van der Waals surface area contributed by atoms with Crippen molar-refractivity contribution in [1.82, 2.24) is 0 Å². The highest BCUT2D eigenvalue weighted by molar-refractivity contribution is 6.42. The number of hydrogen-bond donors (Lipinski definition) is 0. The standard InChI is InChI=1S/C26H13FO4/c27-17-7-5-14(6-8-17)22-13-24-23(31-22)12-18(30-24)11-21-25(28)19-9-15-3-1-2-4-16(15)10-20(19)26(21)29/h1-13H. The molecule has 0 spiro atoms. The molecule has 0 amide bonds. The SMILES string of the molecule is O=C1C(=Cc2cc3oc(-c4ccc(F)cc4)cc3o2)C(=O)c2cc3ccccc3cc21. The van der Waals surface area contributed by atoms with Gasteiger partial charge < -0.3 is 8.83 Å². The first-order chi connectivity index (χ1) is 15.1. The van der Waals surface area contributed by atoms with Crippen molar-refractivity contribution < 1.29 is 22.8 Å². The van der Waals surface area contributed by atoms with Crippen molar-refractivity contribution in [2.45, 2.75) is 0 Å². The quantitative estimate of drug-likeness (QED) is 0.249. The number of ketones is 2. The van der Waals surface area contributed by atoms with Gasteiger partial charge in [-0.2, -0.15) is 0 Å². The van der Waals surface area contributed by atoms with Gasteiger partial charge in [0.1, 0.15) is 17.3 Å². The van der Waals surface area contributed by atoms with Gasteiger partial charge in [0.2, 0.25) is 0 Å². The Hall–Kier alpha value is -4.25. The molecule has 4 nitrogen and oxygen atoms in total. The second-order valence-electron chi connectivity index (χ2n) is 7.46. The molecule has 1 aliphatic carbocycles. The van der Waals surface area contributed by atoms with E-state index in [1.807, 2.05) is 24.3 Å². The number of rotatable bonds is 2. The van der Waals surface area contributed by atoms with Crippen LogP contribution in [0, 0.1) is 5.82 Å². The zero-order valence-corrected chi connectivity index (χ0v) is 16.0. The lowest BCUT2D eigenvalue weighted by Gasteiger charge is -2.00. The molecule has 5 aromatic rings. The summed E-state index contributed by atoms with van der Waals surface area (Å²) in [7, 11) is 0. The summed E-state index contributed by atoms with van der Waals surface area (Å²) in [5, 5.41) is 1.82. The van der Waals surface area contributed by atoms with Crippen LogP contribution in [0.1, 0.15) is 26.5 Å². The summed E-state index contributed by atoms with van der Waals surface area (Å²) in [4.78, 5) is 25.8. The topological polar surface area (TPSA) is 60.4 Å². The van der Waals surface area contributed by atoms with E-state index in [2.05, 4.69) is 0 Å². The molecule has 0 atom stereocenters. The van der Waals surface area contributed by atoms with Crippen molar-refractivity contribution in [3.05, 3.63) is 101 Å². The monoisotopic (exact) mass is 408 g/mol. The number of carbonyl (C=O) groups is 2. The van der Waals surface area contributed by atoms with Gasteiger partial charge in [-0.1, -0.05) is 24.3 Å². The average Bonchev–Trinajstić information content (AvgIpc) is 3.40. The molecule has 0 unspecified atom stereocenters. The van der Waals surface area contributed by atoms with Gasteiger partial charge >= 0.3 is 0 Å².